The van der Waals surface area contributed by atoms with Gasteiger partial charge >= 0.3 is 0 Å². The standard InChI is InChI=1S/C11H19N5O2/c1-7-3-2-4-11(18,5-7)6-13-9(17)8-14-10(12)16-15-8/h7,18H,2-6H2,1H3,(H,13,17)(H3,12,14,15,16). The highest BCUT2D eigenvalue weighted by molar-refractivity contribution is 5.90. The van der Waals surface area contributed by atoms with Crippen molar-refractivity contribution in [1.82, 2.24) is 20.5 Å². The molecule has 7 nitrogen and oxygen atoms in total. The van der Waals surface area contributed by atoms with Gasteiger partial charge in [0.2, 0.25) is 11.8 Å². The lowest BCUT2D eigenvalue weighted by Gasteiger charge is -2.35. The van der Waals surface area contributed by atoms with Gasteiger partial charge in [-0.25, -0.2) is 0 Å². The zero-order chi connectivity index (χ0) is 13.2. The smallest absolute Gasteiger partial charge is 0.288 e. The maximum atomic E-state index is 11.7. The van der Waals surface area contributed by atoms with Crippen molar-refractivity contribution in [2.75, 3.05) is 12.3 Å². The number of nitrogens with two attached hydrogens (primary N) is 1. The molecular weight excluding hydrogens is 234 g/mol. The Morgan fingerprint density at radius 1 is 1.72 bits per heavy atom. The molecule has 0 spiro atoms. The topological polar surface area (TPSA) is 117 Å². The van der Waals surface area contributed by atoms with Crippen LogP contribution in [0.1, 0.15) is 43.2 Å². The fourth-order valence-corrected chi connectivity index (χ4v) is 2.50. The van der Waals surface area contributed by atoms with E-state index in [1.165, 1.54) is 0 Å². The van der Waals surface area contributed by atoms with Gasteiger partial charge in [-0.05, 0) is 18.8 Å². The van der Waals surface area contributed by atoms with Crippen LogP contribution >= 0.6 is 0 Å². The highest BCUT2D eigenvalue weighted by Gasteiger charge is 2.33. The van der Waals surface area contributed by atoms with E-state index in [0.717, 1.165) is 19.3 Å². The molecule has 1 aliphatic rings. The molecule has 2 rings (SSSR count). The van der Waals surface area contributed by atoms with Gasteiger partial charge in [-0.1, -0.05) is 19.8 Å². The van der Waals surface area contributed by atoms with Crippen molar-refractivity contribution in [3.05, 3.63) is 5.82 Å². The van der Waals surface area contributed by atoms with E-state index in [4.69, 9.17) is 5.73 Å². The van der Waals surface area contributed by atoms with Crippen molar-refractivity contribution in [1.29, 1.82) is 0 Å². The van der Waals surface area contributed by atoms with Gasteiger partial charge in [0.15, 0.2) is 0 Å². The number of rotatable bonds is 3. The zero-order valence-corrected chi connectivity index (χ0v) is 10.4. The molecule has 1 heterocycles. The Morgan fingerprint density at radius 2 is 2.50 bits per heavy atom. The molecule has 1 amide bonds. The summed E-state index contributed by atoms with van der Waals surface area (Å²) in [5.41, 5.74) is 4.51. The fourth-order valence-electron chi connectivity index (χ4n) is 2.50. The van der Waals surface area contributed by atoms with E-state index in [9.17, 15) is 9.90 Å². The number of carbonyl (C=O) groups is 1. The molecule has 100 valence electrons. The largest absolute Gasteiger partial charge is 0.388 e. The number of hydrogen-bond donors (Lipinski definition) is 4. The maximum absolute atomic E-state index is 11.7. The average Bonchev–Trinajstić information content (AvgIpc) is 2.73. The summed E-state index contributed by atoms with van der Waals surface area (Å²) in [4.78, 5) is 15.4. The first kappa shape index (κ1) is 12.8. The van der Waals surface area contributed by atoms with Crippen LogP contribution in [-0.2, 0) is 0 Å². The van der Waals surface area contributed by atoms with Crippen LogP contribution in [0.4, 0.5) is 5.95 Å². The first-order chi connectivity index (χ1) is 8.48. The van der Waals surface area contributed by atoms with E-state index in [1.54, 1.807) is 0 Å². The molecule has 18 heavy (non-hydrogen) atoms. The zero-order valence-electron chi connectivity index (χ0n) is 10.4. The number of aromatic amines is 1. The Hall–Kier alpha value is -1.63. The van der Waals surface area contributed by atoms with Crippen LogP contribution in [0.3, 0.4) is 0 Å². The van der Waals surface area contributed by atoms with E-state index < -0.39 is 11.5 Å². The average molecular weight is 253 g/mol. The summed E-state index contributed by atoms with van der Waals surface area (Å²) in [7, 11) is 0. The maximum Gasteiger partial charge on any atom is 0.288 e. The predicted octanol–water partition coefficient (Wildman–Crippen LogP) is 0.0579. The van der Waals surface area contributed by atoms with Crippen molar-refractivity contribution in [2.24, 2.45) is 5.92 Å². The molecule has 7 heteroatoms. The number of anilines is 1. The van der Waals surface area contributed by atoms with Gasteiger partial charge < -0.3 is 16.2 Å². The molecule has 1 aromatic heterocycles. The second-order valence-corrected chi connectivity index (χ2v) is 5.15. The minimum Gasteiger partial charge on any atom is -0.388 e. The van der Waals surface area contributed by atoms with Crippen LogP contribution in [0.25, 0.3) is 0 Å². The molecule has 0 bridgehead atoms. The molecule has 5 N–H and O–H groups in total. The summed E-state index contributed by atoms with van der Waals surface area (Å²) >= 11 is 0. The Morgan fingerprint density at radius 3 is 3.11 bits per heavy atom. The molecular formula is C11H19N5O2. The van der Waals surface area contributed by atoms with E-state index in [-0.39, 0.29) is 18.3 Å². The van der Waals surface area contributed by atoms with Crippen LogP contribution in [0, 0.1) is 5.92 Å². The minimum absolute atomic E-state index is 0.0325. The first-order valence-electron chi connectivity index (χ1n) is 6.17. The normalized spacial score (nSPS) is 28.0. The summed E-state index contributed by atoms with van der Waals surface area (Å²) < 4.78 is 0. The number of aromatic nitrogens is 3. The monoisotopic (exact) mass is 253 g/mol. The molecule has 1 fully saturated rings. The van der Waals surface area contributed by atoms with Gasteiger partial charge in [0.25, 0.3) is 5.91 Å². The van der Waals surface area contributed by atoms with Crippen LogP contribution in [0.2, 0.25) is 0 Å². The number of nitrogens with one attached hydrogen (secondary N) is 2. The van der Waals surface area contributed by atoms with Crippen LogP contribution < -0.4 is 11.1 Å². The molecule has 0 saturated heterocycles. The van der Waals surface area contributed by atoms with E-state index in [2.05, 4.69) is 27.4 Å². The van der Waals surface area contributed by atoms with Crippen molar-refractivity contribution in [3.63, 3.8) is 0 Å². The van der Waals surface area contributed by atoms with Gasteiger partial charge in [-0.2, -0.15) is 4.98 Å². The number of nitrogens with zero attached hydrogens (tertiary/aromatic N) is 2. The Labute approximate surface area is 105 Å². The second-order valence-electron chi connectivity index (χ2n) is 5.15. The van der Waals surface area contributed by atoms with Crippen molar-refractivity contribution in [3.8, 4) is 0 Å². The van der Waals surface area contributed by atoms with E-state index in [0.29, 0.717) is 12.3 Å². The number of hydrogen-bond acceptors (Lipinski definition) is 5. The van der Waals surface area contributed by atoms with Crippen molar-refractivity contribution in [2.45, 2.75) is 38.2 Å². The summed E-state index contributed by atoms with van der Waals surface area (Å²) in [5.74, 6) is 0.192. The molecule has 2 atom stereocenters. The van der Waals surface area contributed by atoms with Crippen molar-refractivity contribution >= 4 is 11.9 Å². The third-order valence-electron chi connectivity index (χ3n) is 3.36. The molecule has 1 saturated carbocycles. The van der Waals surface area contributed by atoms with Crippen molar-refractivity contribution < 1.29 is 9.90 Å². The number of aliphatic hydroxyl groups is 1. The first-order valence-corrected chi connectivity index (χ1v) is 6.17. The Balaban J connectivity index is 1.89. The second kappa shape index (κ2) is 4.93. The highest BCUT2D eigenvalue weighted by atomic mass is 16.3. The molecule has 0 aromatic carbocycles. The Kier molecular flexibility index (Phi) is 3.51. The van der Waals surface area contributed by atoms with Crippen LogP contribution in [0.15, 0.2) is 0 Å². The minimum atomic E-state index is -0.807. The highest BCUT2D eigenvalue weighted by Crippen LogP contribution is 2.31. The van der Waals surface area contributed by atoms with Gasteiger partial charge in [0.05, 0.1) is 5.60 Å². The van der Waals surface area contributed by atoms with Gasteiger partial charge in [-0.15, -0.1) is 5.10 Å². The SMILES string of the molecule is CC1CCCC(O)(CNC(=O)c2nc(N)n[nH]2)C1. The summed E-state index contributed by atoms with van der Waals surface area (Å²) in [6, 6.07) is 0. The summed E-state index contributed by atoms with van der Waals surface area (Å²) in [6.07, 6.45) is 3.56. The van der Waals surface area contributed by atoms with Crippen LogP contribution in [0.5, 0.6) is 0 Å². The van der Waals surface area contributed by atoms with Gasteiger partial charge in [-0.3, -0.25) is 9.89 Å². The third-order valence-corrected chi connectivity index (χ3v) is 3.36. The molecule has 1 aromatic rings. The molecule has 0 radical (unpaired) electrons. The Bertz CT molecular complexity index is 433. The number of H-pyrrole nitrogens is 1. The number of carbonyl (C=O) groups excluding carboxylic acids is 1. The summed E-state index contributed by atoms with van der Waals surface area (Å²) in [6.45, 7) is 2.35. The molecule has 1 aliphatic carbocycles. The third kappa shape index (κ3) is 2.98. The fraction of sp³-hybridized carbons (Fsp3) is 0.727. The lowest BCUT2D eigenvalue weighted by atomic mass is 9.79. The van der Waals surface area contributed by atoms with E-state index >= 15 is 0 Å². The molecule has 0 aliphatic heterocycles. The van der Waals surface area contributed by atoms with Gasteiger partial charge in [0, 0.05) is 6.54 Å². The predicted molar refractivity (Wildman–Crippen MR) is 65.7 cm³/mol. The lowest BCUT2D eigenvalue weighted by molar-refractivity contribution is -0.0110. The number of nitrogen functional groups attached to an aromatic ring is 1. The molecule has 2 unspecified atom stereocenters. The summed E-state index contributed by atoms with van der Waals surface area (Å²) in [5, 5.41) is 19.0. The van der Waals surface area contributed by atoms with E-state index in [1.807, 2.05) is 0 Å². The van der Waals surface area contributed by atoms with Crippen LogP contribution in [-0.4, -0.2) is 38.3 Å². The quantitative estimate of drug-likeness (QED) is 0.607. The lowest BCUT2D eigenvalue weighted by Crippen LogP contribution is -2.46. The number of amides is 1. The van der Waals surface area contributed by atoms with Gasteiger partial charge in [0.1, 0.15) is 0 Å².